The molecule has 24 heavy (non-hydrogen) atoms. The minimum Gasteiger partial charge on any atom is -0.258 e. The van der Waals surface area contributed by atoms with Gasteiger partial charge in [-0.3, -0.25) is 30.3 Å². The van der Waals surface area contributed by atoms with Gasteiger partial charge < -0.3 is 0 Å². The third-order valence-corrected chi connectivity index (χ3v) is 3.22. The average molecular weight is 330 g/mol. The van der Waals surface area contributed by atoms with E-state index in [9.17, 15) is 30.3 Å². The summed E-state index contributed by atoms with van der Waals surface area (Å²) >= 11 is 0. The molecule has 0 aliphatic heterocycles. The fourth-order valence-electron chi connectivity index (χ4n) is 2.16. The first kappa shape index (κ1) is 15.0. The van der Waals surface area contributed by atoms with Crippen molar-refractivity contribution in [1.29, 1.82) is 0 Å². The van der Waals surface area contributed by atoms with Gasteiger partial charge >= 0.3 is 5.69 Å². The van der Waals surface area contributed by atoms with Crippen LogP contribution >= 0.6 is 0 Å². The van der Waals surface area contributed by atoms with Crippen LogP contribution in [-0.4, -0.2) is 29.8 Å². The lowest BCUT2D eigenvalue weighted by Crippen LogP contribution is -2.00. The van der Waals surface area contributed by atoms with E-state index in [0.717, 1.165) is 16.8 Å². The maximum Gasteiger partial charge on any atom is 0.304 e. The van der Waals surface area contributed by atoms with E-state index < -0.39 is 26.1 Å². The van der Waals surface area contributed by atoms with Gasteiger partial charge in [0.05, 0.1) is 26.5 Å². The molecule has 0 atom stereocenters. The highest BCUT2D eigenvalue weighted by atomic mass is 16.6. The lowest BCUT2D eigenvalue weighted by Gasteiger charge is -2.02. The SMILES string of the molecule is O=[N+]([O-])c1ccc(-n2nnc3cc([N+](=O)[O-])cc([N+](=O)[O-])c32)cc1. The molecular formula is C12H6N6O6. The summed E-state index contributed by atoms with van der Waals surface area (Å²) in [5.41, 5.74) is -0.963. The first-order chi connectivity index (χ1) is 11.4. The Balaban J connectivity index is 2.24. The first-order valence-corrected chi connectivity index (χ1v) is 6.31. The number of rotatable bonds is 4. The van der Waals surface area contributed by atoms with Crippen molar-refractivity contribution >= 4 is 28.1 Å². The number of benzene rings is 2. The van der Waals surface area contributed by atoms with Crippen molar-refractivity contribution < 1.29 is 14.8 Å². The highest BCUT2D eigenvalue weighted by Gasteiger charge is 2.25. The van der Waals surface area contributed by atoms with Crippen molar-refractivity contribution in [2.75, 3.05) is 0 Å². The lowest BCUT2D eigenvalue weighted by molar-refractivity contribution is -0.393. The highest BCUT2D eigenvalue weighted by Crippen LogP contribution is 2.31. The number of nitro groups is 3. The molecule has 0 aliphatic rings. The normalized spacial score (nSPS) is 10.7. The van der Waals surface area contributed by atoms with Crippen LogP contribution in [-0.2, 0) is 0 Å². The number of non-ortho nitro benzene ring substituents is 3. The number of aromatic nitrogens is 3. The zero-order valence-corrected chi connectivity index (χ0v) is 11.6. The molecule has 0 amide bonds. The number of hydrogen-bond acceptors (Lipinski definition) is 8. The van der Waals surface area contributed by atoms with Gasteiger partial charge in [-0.2, -0.15) is 0 Å². The molecule has 3 rings (SSSR count). The van der Waals surface area contributed by atoms with E-state index in [1.165, 1.54) is 24.3 Å². The van der Waals surface area contributed by atoms with E-state index in [1.807, 2.05) is 0 Å². The molecule has 0 aliphatic carbocycles. The fraction of sp³-hybridized carbons (Fsp3) is 0. The summed E-state index contributed by atoms with van der Waals surface area (Å²) in [5, 5.41) is 40.2. The van der Waals surface area contributed by atoms with Crippen LogP contribution in [0, 0.1) is 30.3 Å². The summed E-state index contributed by atoms with van der Waals surface area (Å²) in [6.45, 7) is 0. The second kappa shape index (κ2) is 5.35. The van der Waals surface area contributed by atoms with Crippen molar-refractivity contribution in [3.8, 4) is 5.69 Å². The zero-order chi connectivity index (χ0) is 17.4. The van der Waals surface area contributed by atoms with E-state index >= 15 is 0 Å². The predicted octanol–water partition coefficient (Wildman–Crippen LogP) is 2.15. The topological polar surface area (TPSA) is 160 Å². The van der Waals surface area contributed by atoms with Crippen LogP contribution in [0.3, 0.4) is 0 Å². The molecule has 0 radical (unpaired) electrons. The molecule has 12 nitrogen and oxygen atoms in total. The summed E-state index contributed by atoms with van der Waals surface area (Å²) < 4.78 is 1.10. The third kappa shape index (κ3) is 2.37. The molecule has 0 bridgehead atoms. The highest BCUT2D eigenvalue weighted by molar-refractivity contribution is 5.88. The Bertz CT molecular complexity index is 995. The molecule has 0 unspecified atom stereocenters. The Kier molecular flexibility index (Phi) is 3.33. The van der Waals surface area contributed by atoms with Gasteiger partial charge in [-0.1, -0.05) is 5.21 Å². The Morgan fingerprint density at radius 2 is 1.46 bits per heavy atom. The van der Waals surface area contributed by atoms with Crippen molar-refractivity contribution in [3.63, 3.8) is 0 Å². The smallest absolute Gasteiger partial charge is 0.258 e. The van der Waals surface area contributed by atoms with Gasteiger partial charge in [0, 0.05) is 18.2 Å². The van der Waals surface area contributed by atoms with E-state index in [1.54, 1.807) is 0 Å². The van der Waals surface area contributed by atoms with Crippen molar-refractivity contribution in [2.45, 2.75) is 0 Å². The summed E-state index contributed by atoms with van der Waals surface area (Å²) in [6, 6.07) is 6.99. The van der Waals surface area contributed by atoms with Crippen molar-refractivity contribution in [2.24, 2.45) is 0 Å². The van der Waals surface area contributed by atoms with Crippen LogP contribution in [0.2, 0.25) is 0 Å². The van der Waals surface area contributed by atoms with Gasteiger partial charge in [-0.25, -0.2) is 4.68 Å². The minimum atomic E-state index is -0.777. The third-order valence-electron chi connectivity index (χ3n) is 3.22. The summed E-state index contributed by atoms with van der Waals surface area (Å²) in [7, 11) is 0. The van der Waals surface area contributed by atoms with Crippen LogP contribution in [0.15, 0.2) is 36.4 Å². The zero-order valence-electron chi connectivity index (χ0n) is 11.6. The molecule has 0 fully saturated rings. The molecule has 12 heteroatoms. The van der Waals surface area contributed by atoms with Crippen molar-refractivity contribution in [3.05, 3.63) is 66.7 Å². The van der Waals surface area contributed by atoms with Gasteiger partial charge in [0.1, 0.15) is 5.52 Å². The molecule has 1 aromatic heterocycles. The second-order valence-corrected chi connectivity index (χ2v) is 4.62. The van der Waals surface area contributed by atoms with E-state index in [0.29, 0.717) is 5.69 Å². The monoisotopic (exact) mass is 330 g/mol. The van der Waals surface area contributed by atoms with E-state index in [2.05, 4.69) is 10.3 Å². The maximum absolute atomic E-state index is 11.2. The van der Waals surface area contributed by atoms with Gasteiger partial charge in [0.15, 0.2) is 5.52 Å². The molecule has 120 valence electrons. The number of fused-ring (bicyclic) bond motifs is 1. The Morgan fingerprint density at radius 1 is 0.833 bits per heavy atom. The number of nitro benzene ring substituents is 3. The Morgan fingerprint density at radius 3 is 2.00 bits per heavy atom. The standard InChI is InChI=1S/C12H6N6O6/c19-16(20)8-3-1-7(2-4-8)15-12-10(13-14-15)5-9(17(21)22)6-11(12)18(23)24/h1-6H. The van der Waals surface area contributed by atoms with Crippen LogP contribution in [0.1, 0.15) is 0 Å². The first-order valence-electron chi connectivity index (χ1n) is 6.31. The molecular weight excluding hydrogens is 324 g/mol. The fourth-order valence-corrected chi connectivity index (χ4v) is 2.16. The maximum atomic E-state index is 11.2. The quantitative estimate of drug-likeness (QED) is 0.519. The second-order valence-electron chi connectivity index (χ2n) is 4.62. The van der Waals surface area contributed by atoms with E-state index in [-0.39, 0.29) is 16.7 Å². The van der Waals surface area contributed by atoms with Gasteiger partial charge in [-0.15, -0.1) is 5.10 Å². The number of nitrogens with zero attached hydrogens (tertiary/aromatic N) is 6. The average Bonchev–Trinajstić information content (AvgIpc) is 2.97. The van der Waals surface area contributed by atoms with Crippen LogP contribution in [0.4, 0.5) is 17.1 Å². The predicted molar refractivity (Wildman–Crippen MR) is 78.8 cm³/mol. The molecule has 0 N–H and O–H groups in total. The molecule has 0 saturated carbocycles. The van der Waals surface area contributed by atoms with E-state index in [4.69, 9.17) is 0 Å². The molecule has 2 aromatic carbocycles. The van der Waals surface area contributed by atoms with Gasteiger partial charge in [-0.05, 0) is 12.1 Å². The summed E-state index contributed by atoms with van der Waals surface area (Å²) in [6.07, 6.45) is 0. The lowest BCUT2D eigenvalue weighted by atomic mass is 10.2. The summed E-state index contributed by atoms with van der Waals surface area (Å²) in [4.78, 5) is 30.6. The molecule has 0 saturated heterocycles. The van der Waals surface area contributed by atoms with Crippen LogP contribution in [0.5, 0.6) is 0 Å². The molecule has 3 aromatic rings. The molecule has 1 heterocycles. The molecule has 0 spiro atoms. The number of hydrogen-bond donors (Lipinski definition) is 0. The minimum absolute atomic E-state index is 0.0331. The largest absolute Gasteiger partial charge is 0.304 e. The van der Waals surface area contributed by atoms with Crippen LogP contribution in [0.25, 0.3) is 16.7 Å². The summed E-state index contributed by atoms with van der Waals surface area (Å²) in [5.74, 6) is 0. The van der Waals surface area contributed by atoms with Gasteiger partial charge in [0.25, 0.3) is 11.4 Å². The van der Waals surface area contributed by atoms with Gasteiger partial charge in [0.2, 0.25) is 0 Å². The van der Waals surface area contributed by atoms with Crippen molar-refractivity contribution in [1.82, 2.24) is 15.0 Å². The van der Waals surface area contributed by atoms with Crippen LogP contribution < -0.4 is 0 Å². The Hall–Kier alpha value is -3.96. The Labute approximate surface area is 131 Å².